The molecule has 27 heavy (non-hydrogen) atoms. The van der Waals surface area contributed by atoms with Gasteiger partial charge in [-0.2, -0.15) is 0 Å². The number of hydrogen-bond acceptors (Lipinski definition) is 5. The Hall–Kier alpha value is -3.19. The van der Waals surface area contributed by atoms with Gasteiger partial charge in [-0.3, -0.25) is 10.1 Å². The number of aromatic nitrogens is 3. The van der Waals surface area contributed by atoms with Crippen LogP contribution in [0.4, 0.5) is 5.13 Å². The molecule has 0 unspecified atom stereocenters. The van der Waals surface area contributed by atoms with Gasteiger partial charge in [-0.25, -0.2) is 9.97 Å². The van der Waals surface area contributed by atoms with E-state index in [9.17, 15) is 4.79 Å². The predicted octanol–water partition coefficient (Wildman–Crippen LogP) is 4.24. The molecule has 1 N–H and O–H groups in total. The Morgan fingerprint density at radius 1 is 1.19 bits per heavy atom. The lowest BCUT2D eigenvalue weighted by molar-refractivity contribution is 0.102. The van der Waals surface area contributed by atoms with Crippen molar-refractivity contribution in [3.63, 3.8) is 0 Å². The Morgan fingerprint density at radius 2 is 2.00 bits per heavy atom. The van der Waals surface area contributed by atoms with Crippen LogP contribution < -0.4 is 10.1 Å². The van der Waals surface area contributed by atoms with E-state index in [-0.39, 0.29) is 5.91 Å². The molecule has 3 aromatic heterocycles. The minimum absolute atomic E-state index is 0.188. The van der Waals surface area contributed by atoms with Gasteiger partial charge in [0.2, 0.25) is 0 Å². The average molecular weight is 378 g/mol. The minimum Gasteiger partial charge on any atom is -0.487 e. The fourth-order valence-corrected chi connectivity index (χ4v) is 3.40. The molecule has 0 spiro atoms. The molecule has 4 rings (SSSR count). The maximum Gasteiger partial charge on any atom is 0.257 e. The molecule has 4 aromatic rings. The van der Waals surface area contributed by atoms with Gasteiger partial charge in [0, 0.05) is 23.3 Å². The zero-order valence-corrected chi connectivity index (χ0v) is 15.8. The van der Waals surface area contributed by atoms with Crippen LogP contribution in [-0.2, 0) is 6.61 Å². The van der Waals surface area contributed by atoms with E-state index in [0.717, 1.165) is 22.6 Å². The summed E-state index contributed by atoms with van der Waals surface area (Å²) in [5.74, 6) is 0.497. The molecule has 6 nitrogen and oxygen atoms in total. The van der Waals surface area contributed by atoms with Crippen LogP contribution in [0.25, 0.3) is 5.65 Å². The topological polar surface area (TPSA) is 68.5 Å². The highest BCUT2D eigenvalue weighted by atomic mass is 32.1. The van der Waals surface area contributed by atoms with E-state index in [2.05, 4.69) is 15.3 Å². The van der Waals surface area contributed by atoms with Crippen molar-refractivity contribution in [2.45, 2.75) is 20.5 Å². The second-order valence-electron chi connectivity index (χ2n) is 6.22. The number of benzene rings is 1. The Balaban J connectivity index is 1.39. The number of nitrogens with zero attached hydrogens (tertiary/aromatic N) is 3. The quantitative estimate of drug-likeness (QED) is 0.564. The van der Waals surface area contributed by atoms with Gasteiger partial charge < -0.3 is 9.14 Å². The van der Waals surface area contributed by atoms with Crippen molar-refractivity contribution >= 4 is 28.0 Å². The van der Waals surface area contributed by atoms with Crippen LogP contribution in [0.3, 0.4) is 0 Å². The number of aryl methyl sites for hydroxylation is 2. The number of carbonyl (C=O) groups is 1. The van der Waals surface area contributed by atoms with E-state index in [0.29, 0.717) is 23.1 Å². The molecular formula is C20H18N4O2S. The first-order valence-corrected chi connectivity index (χ1v) is 9.36. The third-order valence-corrected chi connectivity index (χ3v) is 4.95. The van der Waals surface area contributed by atoms with E-state index in [1.807, 2.05) is 48.2 Å². The second kappa shape index (κ2) is 7.20. The molecule has 0 aliphatic rings. The highest BCUT2D eigenvalue weighted by Crippen LogP contribution is 2.18. The first-order chi connectivity index (χ1) is 13.1. The van der Waals surface area contributed by atoms with Crippen LogP contribution in [0, 0.1) is 13.8 Å². The van der Waals surface area contributed by atoms with Crippen molar-refractivity contribution in [3.05, 3.63) is 76.7 Å². The van der Waals surface area contributed by atoms with Crippen molar-refractivity contribution in [2.75, 3.05) is 5.32 Å². The molecule has 0 radical (unpaired) electrons. The van der Waals surface area contributed by atoms with Gasteiger partial charge in [0.15, 0.2) is 5.13 Å². The van der Waals surface area contributed by atoms with Crippen LogP contribution in [0.5, 0.6) is 5.75 Å². The SMILES string of the molecule is Cc1csc(NC(=O)c2ccc(OCc3cn4cccc(C)c4n3)cc2)n1. The van der Waals surface area contributed by atoms with Gasteiger partial charge >= 0.3 is 0 Å². The van der Waals surface area contributed by atoms with E-state index < -0.39 is 0 Å². The Bertz CT molecular complexity index is 1100. The molecule has 1 aromatic carbocycles. The second-order valence-corrected chi connectivity index (χ2v) is 7.07. The Morgan fingerprint density at radius 3 is 2.70 bits per heavy atom. The Kier molecular flexibility index (Phi) is 4.60. The van der Waals surface area contributed by atoms with Crippen LogP contribution in [-0.4, -0.2) is 20.3 Å². The molecule has 0 bridgehead atoms. The summed E-state index contributed by atoms with van der Waals surface area (Å²) in [5, 5.41) is 5.28. The number of rotatable bonds is 5. The fraction of sp³-hybridized carbons (Fsp3) is 0.150. The minimum atomic E-state index is -0.188. The van der Waals surface area contributed by atoms with Crippen molar-refractivity contribution < 1.29 is 9.53 Å². The number of nitrogens with one attached hydrogen (secondary N) is 1. The molecule has 0 fully saturated rings. The summed E-state index contributed by atoms with van der Waals surface area (Å²) in [6, 6.07) is 11.1. The van der Waals surface area contributed by atoms with Crippen molar-refractivity contribution in [1.82, 2.24) is 14.4 Å². The number of fused-ring (bicyclic) bond motifs is 1. The zero-order valence-electron chi connectivity index (χ0n) is 15.0. The molecule has 0 saturated carbocycles. The number of imidazole rings is 1. The summed E-state index contributed by atoms with van der Waals surface area (Å²) in [5.41, 5.74) is 4.35. The number of carbonyl (C=O) groups excluding carboxylic acids is 1. The number of thiazole rings is 1. The summed E-state index contributed by atoms with van der Waals surface area (Å²) < 4.78 is 7.79. The van der Waals surface area contributed by atoms with Crippen molar-refractivity contribution in [2.24, 2.45) is 0 Å². The number of ether oxygens (including phenoxy) is 1. The van der Waals surface area contributed by atoms with E-state index in [1.54, 1.807) is 24.3 Å². The fourth-order valence-electron chi connectivity index (χ4n) is 2.71. The maximum atomic E-state index is 12.2. The maximum absolute atomic E-state index is 12.2. The van der Waals surface area contributed by atoms with Gasteiger partial charge in [-0.15, -0.1) is 11.3 Å². The van der Waals surface area contributed by atoms with Crippen LogP contribution in [0.15, 0.2) is 54.2 Å². The smallest absolute Gasteiger partial charge is 0.257 e. The molecular weight excluding hydrogens is 360 g/mol. The summed E-state index contributed by atoms with van der Waals surface area (Å²) in [4.78, 5) is 21.1. The zero-order chi connectivity index (χ0) is 18.8. The van der Waals surface area contributed by atoms with Gasteiger partial charge in [-0.1, -0.05) is 6.07 Å². The number of pyridine rings is 1. The summed E-state index contributed by atoms with van der Waals surface area (Å²) >= 11 is 1.41. The lowest BCUT2D eigenvalue weighted by atomic mass is 10.2. The van der Waals surface area contributed by atoms with Gasteiger partial charge in [0.25, 0.3) is 5.91 Å². The van der Waals surface area contributed by atoms with Crippen LogP contribution in [0.1, 0.15) is 27.3 Å². The molecule has 0 aliphatic carbocycles. The van der Waals surface area contributed by atoms with E-state index >= 15 is 0 Å². The predicted molar refractivity (Wildman–Crippen MR) is 106 cm³/mol. The van der Waals surface area contributed by atoms with Crippen molar-refractivity contribution in [3.8, 4) is 5.75 Å². The van der Waals surface area contributed by atoms with Gasteiger partial charge in [-0.05, 0) is 49.7 Å². The van der Waals surface area contributed by atoms with Crippen LogP contribution in [0.2, 0.25) is 0 Å². The third kappa shape index (κ3) is 3.83. The normalized spacial score (nSPS) is 10.9. The van der Waals surface area contributed by atoms with Gasteiger partial charge in [0.05, 0.1) is 11.4 Å². The number of hydrogen-bond donors (Lipinski definition) is 1. The first kappa shape index (κ1) is 17.2. The van der Waals surface area contributed by atoms with E-state index in [1.165, 1.54) is 11.3 Å². The standard InChI is InChI=1S/C20H18N4O2S/c1-13-4-3-9-24-10-16(22-18(13)24)11-26-17-7-5-15(6-8-17)19(25)23-20-21-14(2)12-27-20/h3-10,12H,11H2,1-2H3,(H,21,23,25). The lowest BCUT2D eigenvalue weighted by Gasteiger charge is -2.06. The highest BCUT2D eigenvalue weighted by molar-refractivity contribution is 7.13. The molecule has 0 saturated heterocycles. The first-order valence-electron chi connectivity index (χ1n) is 8.48. The molecule has 136 valence electrons. The lowest BCUT2D eigenvalue weighted by Crippen LogP contribution is -2.11. The largest absolute Gasteiger partial charge is 0.487 e. The third-order valence-electron chi connectivity index (χ3n) is 4.07. The Labute approximate surface area is 160 Å². The molecule has 7 heteroatoms. The average Bonchev–Trinajstić information content (AvgIpc) is 3.27. The molecule has 3 heterocycles. The molecule has 0 aliphatic heterocycles. The summed E-state index contributed by atoms with van der Waals surface area (Å²) in [7, 11) is 0. The highest BCUT2D eigenvalue weighted by Gasteiger charge is 2.09. The summed E-state index contributed by atoms with van der Waals surface area (Å²) in [6.07, 6.45) is 3.93. The number of anilines is 1. The van der Waals surface area contributed by atoms with Crippen molar-refractivity contribution in [1.29, 1.82) is 0 Å². The van der Waals surface area contributed by atoms with E-state index in [4.69, 9.17) is 4.74 Å². The van der Waals surface area contributed by atoms with Gasteiger partial charge in [0.1, 0.15) is 18.0 Å². The summed E-state index contributed by atoms with van der Waals surface area (Å²) in [6.45, 7) is 4.29. The number of amides is 1. The monoisotopic (exact) mass is 378 g/mol. The molecule has 0 atom stereocenters. The van der Waals surface area contributed by atoms with Crippen LogP contribution >= 0.6 is 11.3 Å². The molecule has 1 amide bonds.